The first-order valence-corrected chi connectivity index (χ1v) is 7.84. The van der Waals surface area contributed by atoms with Gasteiger partial charge in [-0.15, -0.1) is 5.10 Å². The first-order chi connectivity index (χ1) is 11.0. The molecule has 9 heteroatoms. The molecule has 0 radical (unpaired) electrons. The molecule has 3 heterocycles. The van der Waals surface area contributed by atoms with Crippen molar-refractivity contribution in [2.45, 2.75) is 45.4 Å². The molecule has 23 heavy (non-hydrogen) atoms. The topological polar surface area (TPSA) is 87.0 Å². The van der Waals surface area contributed by atoms with Gasteiger partial charge >= 0.3 is 6.01 Å². The van der Waals surface area contributed by atoms with E-state index >= 15 is 0 Å². The lowest BCUT2D eigenvalue weighted by atomic mass is 10.2. The van der Waals surface area contributed by atoms with Crippen molar-refractivity contribution in [1.82, 2.24) is 30.3 Å². The minimum atomic E-state index is -0.877. The second-order valence-electron chi connectivity index (χ2n) is 5.99. The first kappa shape index (κ1) is 15.9. The third-order valence-electron chi connectivity index (χ3n) is 3.96. The molecular formula is C14H22FN7O. The minimum absolute atomic E-state index is 0.00316. The van der Waals surface area contributed by atoms with Gasteiger partial charge in [-0.05, 0) is 7.05 Å². The lowest BCUT2D eigenvalue weighted by Gasteiger charge is -2.26. The second-order valence-corrected chi connectivity index (χ2v) is 5.99. The predicted octanol–water partition coefficient (Wildman–Crippen LogP) is 1.11. The number of halogens is 1. The van der Waals surface area contributed by atoms with E-state index in [0.717, 1.165) is 18.1 Å². The molecule has 8 nitrogen and oxygen atoms in total. The fourth-order valence-electron chi connectivity index (χ4n) is 2.91. The van der Waals surface area contributed by atoms with E-state index in [-0.39, 0.29) is 6.04 Å². The summed E-state index contributed by atoms with van der Waals surface area (Å²) in [5, 5.41) is 14.9. The number of hydrogen-bond donors (Lipinski definition) is 1. The molecule has 0 aromatic carbocycles. The summed E-state index contributed by atoms with van der Waals surface area (Å²) in [7, 11) is 1.98. The zero-order valence-corrected chi connectivity index (χ0v) is 13.7. The third kappa shape index (κ3) is 3.66. The number of aryl methyl sites for hydroxylation is 2. The highest BCUT2D eigenvalue weighted by molar-refractivity contribution is 5.30. The smallest absolute Gasteiger partial charge is 0.318 e. The molecule has 0 saturated carbocycles. The van der Waals surface area contributed by atoms with Gasteiger partial charge in [0.25, 0.3) is 0 Å². The Morgan fingerprint density at radius 2 is 2.26 bits per heavy atom. The van der Waals surface area contributed by atoms with Crippen LogP contribution in [0.4, 0.5) is 10.4 Å². The van der Waals surface area contributed by atoms with E-state index in [1.165, 1.54) is 0 Å². The molecule has 0 unspecified atom stereocenters. The maximum atomic E-state index is 13.9. The number of H-pyrrole nitrogens is 1. The lowest BCUT2D eigenvalue weighted by molar-refractivity contribution is 0.282. The van der Waals surface area contributed by atoms with Crippen LogP contribution in [0.2, 0.25) is 0 Å². The lowest BCUT2D eigenvalue weighted by Crippen LogP contribution is -2.39. The standard InChI is InChI=1S/C14H22FN7O/c1-4-12-16-13(19-18-12)8-21(3)7-11-5-10(15)6-22(11)14-20-17-9(2)23-14/h10-11H,4-8H2,1-3H3,(H,16,18,19)/t10-,11-/m0/s1. The van der Waals surface area contributed by atoms with Crippen LogP contribution in [-0.4, -0.2) is 62.6 Å². The van der Waals surface area contributed by atoms with Gasteiger partial charge in [0.2, 0.25) is 5.89 Å². The van der Waals surface area contributed by atoms with Crippen LogP contribution in [0.25, 0.3) is 0 Å². The average Bonchev–Trinajstić information content (AvgIpc) is 3.20. The Balaban J connectivity index is 1.62. The second kappa shape index (κ2) is 6.61. The Morgan fingerprint density at radius 1 is 1.43 bits per heavy atom. The van der Waals surface area contributed by atoms with Crippen molar-refractivity contribution in [3.63, 3.8) is 0 Å². The zero-order chi connectivity index (χ0) is 16.4. The molecule has 1 aliphatic rings. The number of anilines is 1. The molecule has 0 spiro atoms. The van der Waals surface area contributed by atoms with Crippen LogP contribution in [-0.2, 0) is 13.0 Å². The van der Waals surface area contributed by atoms with Crippen LogP contribution in [0.1, 0.15) is 30.9 Å². The fraction of sp³-hybridized carbons (Fsp3) is 0.714. The van der Waals surface area contributed by atoms with Crippen molar-refractivity contribution >= 4 is 6.01 Å². The maximum Gasteiger partial charge on any atom is 0.318 e. The number of aromatic amines is 1. The van der Waals surface area contributed by atoms with Crippen LogP contribution >= 0.6 is 0 Å². The Labute approximate surface area is 134 Å². The van der Waals surface area contributed by atoms with Crippen LogP contribution in [0, 0.1) is 6.92 Å². The molecule has 1 N–H and O–H groups in total. The number of hydrogen-bond acceptors (Lipinski definition) is 7. The van der Waals surface area contributed by atoms with Crippen LogP contribution in [0.15, 0.2) is 4.42 Å². The number of aromatic nitrogens is 5. The normalized spacial score (nSPS) is 21.5. The highest BCUT2D eigenvalue weighted by atomic mass is 19.1. The molecular weight excluding hydrogens is 301 g/mol. The molecule has 3 rings (SSSR count). The van der Waals surface area contributed by atoms with Gasteiger partial charge in [-0.25, -0.2) is 9.37 Å². The van der Waals surface area contributed by atoms with Gasteiger partial charge in [0, 0.05) is 32.4 Å². The summed E-state index contributed by atoms with van der Waals surface area (Å²) in [6.45, 7) is 5.36. The van der Waals surface area contributed by atoms with E-state index in [9.17, 15) is 4.39 Å². The van der Waals surface area contributed by atoms with Crippen LogP contribution in [0.3, 0.4) is 0 Å². The first-order valence-electron chi connectivity index (χ1n) is 7.84. The van der Waals surface area contributed by atoms with Gasteiger partial charge in [0.05, 0.1) is 13.1 Å². The van der Waals surface area contributed by atoms with Gasteiger partial charge in [-0.1, -0.05) is 12.0 Å². The number of alkyl halides is 1. The summed E-state index contributed by atoms with van der Waals surface area (Å²) >= 11 is 0. The molecule has 0 amide bonds. The fourth-order valence-corrected chi connectivity index (χ4v) is 2.91. The summed E-state index contributed by atoms with van der Waals surface area (Å²) in [4.78, 5) is 8.36. The summed E-state index contributed by atoms with van der Waals surface area (Å²) in [6.07, 6.45) is 0.386. The summed E-state index contributed by atoms with van der Waals surface area (Å²) in [5.41, 5.74) is 0. The Bertz CT molecular complexity index is 643. The van der Waals surface area contributed by atoms with Crippen molar-refractivity contribution < 1.29 is 8.81 Å². The molecule has 2 aromatic heterocycles. The van der Waals surface area contributed by atoms with E-state index in [1.807, 2.05) is 18.9 Å². The van der Waals surface area contributed by atoms with Crippen LogP contribution in [0.5, 0.6) is 0 Å². The molecule has 1 fully saturated rings. The Morgan fingerprint density at radius 3 is 2.91 bits per heavy atom. The number of rotatable bonds is 6. The van der Waals surface area contributed by atoms with Crippen molar-refractivity contribution in [3.8, 4) is 0 Å². The highest BCUT2D eigenvalue weighted by Crippen LogP contribution is 2.26. The molecule has 1 aliphatic heterocycles. The molecule has 2 aromatic rings. The summed E-state index contributed by atoms with van der Waals surface area (Å²) in [6, 6.07) is 0.400. The van der Waals surface area contributed by atoms with Crippen molar-refractivity contribution in [3.05, 3.63) is 17.5 Å². The maximum absolute atomic E-state index is 13.9. The Kier molecular flexibility index (Phi) is 4.56. The Hall–Kier alpha value is -2.03. The summed E-state index contributed by atoms with van der Waals surface area (Å²) in [5.74, 6) is 2.11. The number of nitrogens with one attached hydrogen (secondary N) is 1. The van der Waals surface area contributed by atoms with E-state index in [4.69, 9.17) is 4.42 Å². The van der Waals surface area contributed by atoms with Crippen molar-refractivity contribution in [2.24, 2.45) is 0 Å². The van der Waals surface area contributed by atoms with E-state index in [0.29, 0.717) is 38.0 Å². The average molecular weight is 323 g/mol. The SMILES string of the molecule is CCc1n[nH]c(CN(C)C[C@@H]2C[C@H](F)CN2c2nnc(C)o2)n1. The highest BCUT2D eigenvalue weighted by Gasteiger charge is 2.35. The van der Waals surface area contributed by atoms with E-state index in [2.05, 4.69) is 30.3 Å². The van der Waals surface area contributed by atoms with Crippen LogP contribution < -0.4 is 4.90 Å². The zero-order valence-electron chi connectivity index (χ0n) is 13.7. The number of nitrogens with zero attached hydrogens (tertiary/aromatic N) is 6. The molecule has 1 saturated heterocycles. The van der Waals surface area contributed by atoms with E-state index in [1.54, 1.807) is 6.92 Å². The predicted molar refractivity (Wildman–Crippen MR) is 81.8 cm³/mol. The van der Waals surface area contributed by atoms with Gasteiger partial charge < -0.3 is 9.32 Å². The molecule has 0 bridgehead atoms. The monoisotopic (exact) mass is 323 g/mol. The van der Waals surface area contributed by atoms with Crippen molar-refractivity contribution in [2.75, 3.05) is 25.0 Å². The summed E-state index contributed by atoms with van der Waals surface area (Å²) < 4.78 is 19.3. The molecule has 0 aliphatic carbocycles. The largest absolute Gasteiger partial charge is 0.408 e. The minimum Gasteiger partial charge on any atom is -0.408 e. The number of likely N-dealkylation sites (N-methyl/N-ethyl adjacent to an activating group) is 1. The third-order valence-corrected chi connectivity index (χ3v) is 3.96. The van der Waals surface area contributed by atoms with Gasteiger partial charge in [0.15, 0.2) is 0 Å². The van der Waals surface area contributed by atoms with Gasteiger partial charge in [-0.2, -0.15) is 5.10 Å². The van der Waals surface area contributed by atoms with Crippen molar-refractivity contribution in [1.29, 1.82) is 0 Å². The molecule has 2 atom stereocenters. The van der Waals surface area contributed by atoms with E-state index < -0.39 is 6.17 Å². The van der Waals surface area contributed by atoms with Gasteiger partial charge in [0.1, 0.15) is 17.8 Å². The molecule has 126 valence electrons. The van der Waals surface area contributed by atoms with Gasteiger partial charge in [-0.3, -0.25) is 10.00 Å². The quantitative estimate of drug-likeness (QED) is 0.852.